The molecule has 4 nitrogen and oxygen atoms in total. The number of para-hydroxylation sites is 1. The van der Waals surface area contributed by atoms with Crippen molar-refractivity contribution in [2.75, 3.05) is 5.32 Å². The summed E-state index contributed by atoms with van der Waals surface area (Å²) in [5.41, 5.74) is 1.46. The molecule has 2 aromatic rings. The molecule has 0 heterocycles. The van der Waals surface area contributed by atoms with E-state index in [4.69, 9.17) is 4.74 Å². The molecule has 104 valence electrons. The van der Waals surface area contributed by atoms with Gasteiger partial charge in [0, 0.05) is 5.69 Å². The number of aromatic hydroxyl groups is 1. The number of amides is 1. The fraction of sp³-hybridized carbons (Fsp3) is 0.188. The number of aryl methyl sites for hydroxylation is 1. The Morgan fingerprint density at radius 1 is 1.20 bits per heavy atom. The average Bonchev–Trinajstić information content (AvgIpc) is 2.43. The van der Waals surface area contributed by atoms with E-state index in [9.17, 15) is 9.90 Å². The lowest BCUT2D eigenvalue weighted by molar-refractivity contribution is -0.122. The Bertz CT molecular complexity index is 596. The summed E-state index contributed by atoms with van der Waals surface area (Å²) >= 11 is 0. The maximum absolute atomic E-state index is 12.1. The van der Waals surface area contributed by atoms with Crippen molar-refractivity contribution in [2.45, 2.75) is 20.0 Å². The molecule has 0 saturated carbocycles. The number of hydrogen-bond acceptors (Lipinski definition) is 3. The van der Waals surface area contributed by atoms with E-state index < -0.39 is 6.10 Å². The molecule has 2 N–H and O–H groups in total. The smallest absolute Gasteiger partial charge is 0.265 e. The van der Waals surface area contributed by atoms with Crippen molar-refractivity contribution in [2.24, 2.45) is 0 Å². The Labute approximate surface area is 118 Å². The van der Waals surface area contributed by atoms with Gasteiger partial charge in [0.15, 0.2) is 6.10 Å². The molecule has 2 rings (SSSR count). The predicted octanol–water partition coefficient (Wildman–Crippen LogP) is 3.11. The Balaban J connectivity index is 2.01. The number of phenols is 1. The van der Waals surface area contributed by atoms with Crippen LogP contribution in [0.3, 0.4) is 0 Å². The van der Waals surface area contributed by atoms with Gasteiger partial charge in [-0.2, -0.15) is 0 Å². The highest BCUT2D eigenvalue weighted by Gasteiger charge is 2.15. The highest BCUT2D eigenvalue weighted by atomic mass is 16.5. The molecule has 0 fully saturated rings. The van der Waals surface area contributed by atoms with Crippen LogP contribution in [0, 0.1) is 6.92 Å². The second-order valence-corrected chi connectivity index (χ2v) is 4.56. The van der Waals surface area contributed by atoms with Crippen LogP contribution in [0.15, 0.2) is 48.5 Å². The molecule has 0 aliphatic carbocycles. The van der Waals surface area contributed by atoms with Gasteiger partial charge in [0.25, 0.3) is 5.91 Å². The van der Waals surface area contributed by atoms with Crippen molar-refractivity contribution < 1.29 is 14.6 Å². The first-order chi connectivity index (χ1) is 9.56. The fourth-order valence-electron chi connectivity index (χ4n) is 1.78. The molecule has 0 aliphatic heterocycles. The molecule has 0 saturated heterocycles. The van der Waals surface area contributed by atoms with Crippen LogP contribution in [0.1, 0.15) is 12.5 Å². The van der Waals surface area contributed by atoms with Crippen LogP contribution >= 0.6 is 0 Å². The summed E-state index contributed by atoms with van der Waals surface area (Å²) in [4.78, 5) is 12.1. The van der Waals surface area contributed by atoms with Crippen LogP contribution in [0.4, 0.5) is 5.69 Å². The Morgan fingerprint density at radius 3 is 2.55 bits per heavy atom. The summed E-state index contributed by atoms with van der Waals surface area (Å²) in [6, 6.07) is 14.0. The zero-order valence-electron chi connectivity index (χ0n) is 11.5. The molecule has 0 radical (unpaired) electrons. The molecule has 1 amide bonds. The first-order valence-electron chi connectivity index (χ1n) is 6.38. The lowest BCUT2D eigenvalue weighted by Crippen LogP contribution is -2.30. The lowest BCUT2D eigenvalue weighted by atomic mass is 10.2. The van der Waals surface area contributed by atoms with E-state index in [2.05, 4.69) is 5.32 Å². The van der Waals surface area contributed by atoms with E-state index in [-0.39, 0.29) is 11.7 Å². The maximum Gasteiger partial charge on any atom is 0.265 e. The van der Waals surface area contributed by atoms with Crippen molar-refractivity contribution in [3.63, 3.8) is 0 Å². The van der Waals surface area contributed by atoms with Gasteiger partial charge in [0.2, 0.25) is 0 Å². The Morgan fingerprint density at radius 2 is 1.90 bits per heavy atom. The van der Waals surface area contributed by atoms with Gasteiger partial charge < -0.3 is 15.2 Å². The number of anilines is 1. The summed E-state index contributed by atoms with van der Waals surface area (Å²) < 4.78 is 5.55. The number of carbonyl (C=O) groups excluding carboxylic acids is 1. The number of carbonyl (C=O) groups is 1. The number of rotatable bonds is 4. The van der Waals surface area contributed by atoms with Crippen LogP contribution in [0.5, 0.6) is 11.5 Å². The van der Waals surface area contributed by atoms with Crippen molar-refractivity contribution in [3.8, 4) is 11.5 Å². The molecule has 2 aromatic carbocycles. The number of hydrogen-bond donors (Lipinski definition) is 2. The summed E-state index contributed by atoms with van der Waals surface area (Å²) in [6.45, 7) is 3.51. The predicted molar refractivity (Wildman–Crippen MR) is 78.0 cm³/mol. The second-order valence-electron chi connectivity index (χ2n) is 4.56. The van der Waals surface area contributed by atoms with Crippen LogP contribution < -0.4 is 10.1 Å². The third-order valence-corrected chi connectivity index (χ3v) is 2.89. The van der Waals surface area contributed by atoms with E-state index in [1.165, 1.54) is 6.07 Å². The summed E-state index contributed by atoms with van der Waals surface area (Å²) in [7, 11) is 0. The van der Waals surface area contributed by atoms with Crippen LogP contribution in [-0.4, -0.2) is 17.1 Å². The Kier molecular flexibility index (Phi) is 4.25. The van der Waals surface area contributed by atoms with Crippen LogP contribution in [0.2, 0.25) is 0 Å². The highest BCUT2D eigenvalue weighted by Crippen LogP contribution is 2.20. The second kappa shape index (κ2) is 6.10. The molecule has 0 bridgehead atoms. The lowest BCUT2D eigenvalue weighted by Gasteiger charge is -2.15. The summed E-state index contributed by atoms with van der Waals surface area (Å²) in [6.07, 6.45) is -0.606. The largest absolute Gasteiger partial charge is 0.508 e. The highest BCUT2D eigenvalue weighted by molar-refractivity contribution is 5.94. The zero-order valence-corrected chi connectivity index (χ0v) is 11.5. The molecule has 0 aliphatic rings. The van der Waals surface area contributed by atoms with Crippen molar-refractivity contribution in [3.05, 3.63) is 54.1 Å². The van der Waals surface area contributed by atoms with Gasteiger partial charge in [-0.3, -0.25) is 4.79 Å². The molecule has 1 atom stereocenters. The normalized spacial score (nSPS) is 11.7. The van der Waals surface area contributed by atoms with Gasteiger partial charge in [-0.1, -0.05) is 18.2 Å². The minimum absolute atomic E-state index is 0.175. The SMILES string of the molecule is Cc1cc(O)ccc1NC(=O)[C@H](C)Oc1ccccc1. The van der Waals surface area contributed by atoms with Gasteiger partial charge in [-0.25, -0.2) is 0 Å². The van der Waals surface area contributed by atoms with E-state index in [1.54, 1.807) is 31.2 Å². The third kappa shape index (κ3) is 3.51. The standard InChI is InChI=1S/C16H17NO3/c1-11-10-13(18)8-9-15(11)17-16(19)12(2)20-14-6-4-3-5-7-14/h3-10,12,18H,1-2H3,(H,17,19)/t12-/m0/s1. The average molecular weight is 271 g/mol. The van der Waals surface area contributed by atoms with Gasteiger partial charge in [0.1, 0.15) is 11.5 Å². The van der Waals surface area contributed by atoms with E-state index >= 15 is 0 Å². The quantitative estimate of drug-likeness (QED) is 0.840. The summed E-state index contributed by atoms with van der Waals surface area (Å²) in [5.74, 6) is 0.592. The van der Waals surface area contributed by atoms with Crippen molar-refractivity contribution in [1.29, 1.82) is 0 Å². The number of nitrogens with one attached hydrogen (secondary N) is 1. The minimum Gasteiger partial charge on any atom is -0.508 e. The van der Waals surface area contributed by atoms with Gasteiger partial charge in [0.05, 0.1) is 0 Å². The zero-order chi connectivity index (χ0) is 14.5. The molecule has 20 heavy (non-hydrogen) atoms. The maximum atomic E-state index is 12.1. The van der Waals surface area contributed by atoms with E-state index in [1.807, 2.05) is 25.1 Å². The van der Waals surface area contributed by atoms with Crippen molar-refractivity contribution in [1.82, 2.24) is 0 Å². The van der Waals surface area contributed by atoms with Gasteiger partial charge in [-0.15, -0.1) is 0 Å². The molecule has 0 spiro atoms. The minimum atomic E-state index is -0.606. The number of benzene rings is 2. The monoisotopic (exact) mass is 271 g/mol. The fourth-order valence-corrected chi connectivity index (χ4v) is 1.78. The first-order valence-corrected chi connectivity index (χ1v) is 6.38. The van der Waals surface area contributed by atoms with E-state index in [0.717, 1.165) is 5.56 Å². The van der Waals surface area contributed by atoms with E-state index in [0.29, 0.717) is 11.4 Å². The Hall–Kier alpha value is -2.49. The van der Waals surface area contributed by atoms with Crippen LogP contribution in [0.25, 0.3) is 0 Å². The first kappa shape index (κ1) is 13.9. The van der Waals surface area contributed by atoms with Crippen LogP contribution in [-0.2, 0) is 4.79 Å². The van der Waals surface area contributed by atoms with Gasteiger partial charge >= 0.3 is 0 Å². The molecule has 4 heteroatoms. The molecule has 0 aromatic heterocycles. The molecule has 0 unspecified atom stereocenters. The topological polar surface area (TPSA) is 58.6 Å². The summed E-state index contributed by atoms with van der Waals surface area (Å²) in [5, 5.41) is 12.1. The molecular weight excluding hydrogens is 254 g/mol. The number of phenolic OH excluding ortho intramolecular Hbond substituents is 1. The molecular formula is C16H17NO3. The van der Waals surface area contributed by atoms with Crippen molar-refractivity contribution >= 4 is 11.6 Å². The van der Waals surface area contributed by atoms with Gasteiger partial charge in [-0.05, 0) is 49.7 Å². The number of ether oxygens (including phenoxy) is 1. The third-order valence-electron chi connectivity index (χ3n) is 2.89.